The third-order valence-electron chi connectivity index (χ3n) is 10.5. The summed E-state index contributed by atoms with van der Waals surface area (Å²) in [7, 11) is -3.39. The largest absolute Gasteiger partial charge is 0.309 e. The number of aromatic nitrogens is 3. The SMILES string of the molecule is O=P1(c2ccccc2)c2cc(-c3ccccc3)ccc2N(c2ccc(-c3nc(-c4ccccc4)nc(-c4ccccc4)n3)cc2)c2ccc(-c3ccccc3)cc21. The van der Waals surface area contributed by atoms with Crippen LogP contribution in [0.4, 0.5) is 17.1 Å². The number of rotatable bonds is 7. The van der Waals surface area contributed by atoms with Gasteiger partial charge < -0.3 is 9.46 Å². The zero-order valence-electron chi connectivity index (χ0n) is 30.9. The van der Waals surface area contributed by atoms with Crippen LogP contribution in [-0.4, -0.2) is 15.0 Å². The second kappa shape index (κ2) is 14.5. The van der Waals surface area contributed by atoms with E-state index in [0.29, 0.717) is 17.5 Å². The van der Waals surface area contributed by atoms with Gasteiger partial charge in [0.25, 0.3) is 0 Å². The van der Waals surface area contributed by atoms with Crippen molar-refractivity contribution in [3.63, 3.8) is 0 Å². The maximum Gasteiger partial charge on any atom is 0.175 e. The smallest absolute Gasteiger partial charge is 0.175 e. The van der Waals surface area contributed by atoms with Crippen LogP contribution in [0.15, 0.2) is 212 Å². The fraction of sp³-hybridized carbons (Fsp3) is 0. The minimum atomic E-state index is -3.39. The molecule has 270 valence electrons. The molecule has 0 amide bonds. The summed E-state index contributed by atoms with van der Waals surface area (Å²) in [5.74, 6) is 1.81. The van der Waals surface area contributed by atoms with E-state index in [2.05, 4.69) is 89.8 Å². The molecule has 6 heteroatoms. The van der Waals surface area contributed by atoms with Gasteiger partial charge in [0.15, 0.2) is 24.6 Å². The van der Waals surface area contributed by atoms with Crippen molar-refractivity contribution in [1.82, 2.24) is 15.0 Å². The quantitative estimate of drug-likeness (QED) is 0.152. The molecular formula is C51H35N4OP. The molecule has 0 saturated carbocycles. The van der Waals surface area contributed by atoms with Gasteiger partial charge in [-0.25, -0.2) is 15.0 Å². The topological polar surface area (TPSA) is 59.0 Å². The molecule has 0 atom stereocenters. The van der Waals surface area contributed by atoms with Crippen LogP contribution < -0.4 is 20.8 Å². The van der Waals surface area contributed by atoms with Crippen LogP contribution in [0.1, 0.15) is 0 Å². The Balaban J connectivity index is 1.16. The van der Waals surface area contributed by atoms with Crippen molar-refractivity contribution in [3.05, 3.63) is 212 Å². The molecule has 0 N–H and O–H groups in total. The molecule has 0 bridgehead atoms. The van der Waals surface area contributed by atoms with Gasteiger partial charge in [-0.05, 0) is 70.8 Å². The molecule has 5 nitrogen and oxygen atoms in total. The number of hydrogen-bond acceptors (Lipinski definition) is 5. The van der Waals surface area contributed by atoms with E-state index in [4.69, 9.17) is 15.0 Å². The molecule has 10 rings (SSSR count). The Labute approximate surface area is 332 Å². The maximum absolute atomic E-state index is 16.3. The van der Waals surface area contributed by atoms with Crippen molar-refractivity contribution in [2.24, 2.45) is 0 Å². The van der Waals surface area contributed by atoms with Crippen LogP contribution in [0.2, 0.25) is 0 Å². The average molecular weight is 751 g/mol. The molecule has 0 radical (unpaired) electrons. The Morgan fingerprint density at radius 3 is 1.07 bits per heavy atom. The summed E-state index contributed by atoms with van der Waals surface area (Å²) in [5, 5.41) is 2.40. The van der Waals surface area contributed by atoms with Gasteiger partial charge in [-0.15, -0.1) is 0 Å². The monoisotopic (exact) mass is 750 g/mol. The molecule has 1 aliphatic heterocycles. The normalized spacial score (nSPS) is 12.7. The molecule has 9 aromatic rings. The van der Waals surface area contributed by atoms with E-state index in [-0.39, 0.29) is 0 Å². The van der Waals surface area contributed by atoms with Crippen molar-refractivity contribution in [3.8, 4) is 56.4 Å². The van der Waals surface area contributed by atoms with Gasteiger partial charge in [0.2, 0.25) is 0 Å². The Hall–Kier alpha value is -7.20. The van der Waals surface area contributed by atoms with Crippen molar-refractivity contribution in [1.29, 1.82) is 0 Å². The maximum atomic E-state index is 16.3. The van der Waals surface area contributed by atoms with Crippen molar-refractivity contribution >= 4 is 40.1 Å². The molecule has 0 spiro atoms. The Morgan fingerprint density at radius 2 is 0.667 bits per heavy atom. The third kappa shape index (κ3) is 6.25. The summed E-state index contributed by atoms with van der Waals surface area (Å²) in [6, 6.07) is 71.7. The molecule has 8 aromatic carbocycles. The molecule has 1 aliphatic rings. The van der Waals surface area contributed by atoms with Crippen LogP contribution in [-0.2, 0) is 4.57 Å². The highest BCUT2D eigenvalue weighted by Crippen LogP contribution is 2.55. The van der Waals surface area contributed by atoms with Crippen LogP contribution in [0.5, 0.6) is 0 Å². The third-order valence-corrected chi connectivity index (χ3v) is 13.6. The van der Waals surface area contributed by atoms with Gasteiger partial charge in [0, 0.05) is 38.3 Å². The van der Waals surface area contributed by atoms with E-state index in [0.717, 1.165) is 71.9 Å². The lowest BCUT2D eigenvalue weighted by atomic mass is 10.0. The van der Waals surface area contributed by atoms with Crippen LogP contribution in [0, 0.1) is 0 Å². The summed E-state index contributed by atoms with van der Waals surface area (Å²) in [6.07, 6.45) is 0. The van der Waals surface area contributed by atoms with Gasteiger partial charge in [-0.2, -0.15) is 0 Å². The minimum absolute atomic E-state index is 0.585. The van der Waals surface area contributed by atoms with Crippen LogP contribution >= 0.6 is 7.14 Å². The molecule has 57 heavy (non-hydrogen) atoms. The predicted molar refractivity (Wildman–Crippen MR) is 235 cm³/mol. The summed E-state index contributed by atoms with van der Waals surface area (Å²) < 4.78 is 16.3. The highest BCUT2D eigenvalue weighted by atomic mass is 31.2. The molecule has 1 aromatic heterocycles. The van der Waals surface area contributed by atoms with E-state index in [1.807, 2.05) is 127 Å². The summed E-state index contributed by atoms with van der Waals surface area (Å²) in [6.45, 7) is 0. The molecule has 0 saturated heterocycles. The highest BCUT2D eigenvalue weighted by Gasteiger charge is 2.41. The fourth-order valence-corrected chi connectivity index (χ4v) is 10.7. The van der Waals surface area contributed by atoms with Gasteiger partial charge in [0.1, 0.15) is 0 Å². The Kier molecular flexibility index (Phi) is 8.70. The van der Waals surface area contributed by atoms with Gasteiger partial charge in [0.05, 0.1) is 11.4 Å². The Bertz CT molecular complexity index is 2750. The first-order chi connectivity index (χ1) is 28.1. The summed E-state index contributed by atoms with van der Waals surface area (Å²) >= 11 is 0. The molecular weight excluding hydrogens is 716 g/mol. The summed E-state index contributed by atoms with van der Waals surface area (Å²) in [4.78, 5) is 17.1. The van der Waals surface area contributed by atoms with Crippen molar-refractivity contribution in [2.45, 2.75) is 0 Å². The Morgan fingerprint density at radius 1 is 0.333 bits per heavy atom. The average Bonchev–Trinajstić information content (AvgIpc) is 3.30. The van der Waals surface area contributed by atoms with E-state index < -0.39 is 7.14 Å². The van der Waals surface area contributed by atoms with E-state index >= 15 is 4.57 Å². The minimum Gasteiger partial charge on any atom is -0.309 e. The van der Waals surface area contributed by atoms with E-state index in [9.17, 15) is 0 Å². The first-order valence-corrected chi connectivity index (χ1v) is 20.7. The van der Waals surface area contributed by atoms with Gasteiger partial charge in [-0.3, -0.25) is 0 Å². The lowest BCUT2D eigenvalue weighted by Crippen LogP contribution is -2.36. The predicted octanol–water partition coefficient (Wildman–Crippen LogP) is 11.6. The van der Waals surface area contributed by atoms with Gasteiger partial charge in [-0.1, -0.05) is 164 Å². The van der Waals surface area contributed by atoms with E-state index in [1.54, 1.807) is 0 Å². The van der Waals surface area contributed by atoms with Crippen LogP contribution in [0.3, 0.4) is 0 Å². The number of fused-ring (bicyclic) bond motifs is 2. The second-order valence-corrected chi connectivity index (χ2v) is 16.7. The van der Waals surface area contributed by atoms with Crippen LogP contribution in [0.25, 0.3) is 56.4 Å². The first kappa shape index (κ1) is 34.3. The number of nitrogens with zero attached hydrogens (tertiary/aromatic N) is 4. The zero-order chi connectivity index (χ0) is 38.2. The van der Waals surface area contributed by atoms with Crippen molar-refractivity contribution in [2.75, 3.05) is 4.90 Å². The first-order valence-electron chi connectivity index (χ1n) is 19.0. The standard InChI is InChI=1S/C51H35N4OP/c56-57(44-24-14-5-15-25-44)47-34-41(36-16-6-1-7-17-36)28-32-45(47)55(46-33-29-42(35-48(46)57)37-18-8-2-9-19-37)43-30-26-40(27-31-43)51-53-49(38-20-10-3-11-21-38)52-50(54-51)39-22-12-4-13-23-39/h1-35H. The second-order valence-electron chi connectivity index (χ2n) is 14.0. The lowest BCUT2D eigenvalue weighted by molar-refractivity contribution is 0.592. The molecule has 0 unspecified atom stereocenters. The summed E-state index contributed by atoms with van der Waals surface area (Å²) in [5.41, 5.74) is 9.57. The van der Waals surface area contributed by atoms with E-state index in [1.165, 1.54) is 0 Å². The zero-order valence-corrected chi connectivity index (χ0v) is 31.7. The highest BCUT2D eigenvalue weighted by molar-refractivity contribution is 7.86. The fourth-order valence-electron chi connectivity index (χ4n) is 7.70. The molecule has 0 aliphatic carbocycles. The van der Waals surface area contributed by atoms with Gasteiger partial charge >= 0.3 is 0 Å². The number of benzene rings is 8. The molecule has 2 heterocycles. The lowest BCUT2D eigenvalue weighted by Gasteiger charge is -2.38. The molecule has 0 fully saturated rings. The number of anilines is 3. The van der Waals surface area contributed by atoms with Crippen molar-refractivity contribution < 1.29 is 4.57 Å². The number of hydrogen-bond donors (Lipinski definition) is 0.